The second-order valence-electron chi connectivity index (χ2n) is 6.41. The third-order valence-electron chi connectivity index (χ3n) is 4.53. The summed E-state index contributed by atoms with van der Waals surface area (Å²) in [6, 6.07) is 19.5. The Morgan fingerprint density at radius 2 is 1.73 bits per heavy atom. The molecule has 1 heterocycles. The van der Waals surface area contributed by atoms with E-state index in [9.17, 15) is 4.79 Å². The minimum atomic E-state index is -0.181. The molecule has 0 saturated carbocycles. The second-order valence-corrected chi connectivity index (χ2v) is 6.41. The Bertz CT molecular complexity index is 889. The third kappa shape index (κ3) is 4.09. The smallest absolute Gasteiger partial charge is 0.270 e. The van der Waals surface area contributed by atoms with Crippen molar-refractivity contribution < 1.29 is 4.79 Å². The van der Waals surface area contributed by atoms with Gasteiger partial charge in [0.05, 0.1) is 17.9 Å². The highest BCUT2D eigenvalue weighted by Gasteiger charge is 2.12. The van der Waals surface area contributed by atoms with Crippen LogP contribution in [0.4, 0.5) is 11.4 Å². The zero-order valence-electron chi connectivity index (χ0n) is 15.3. The van der Waals surface area contributed by atoms with Crippen LogP contribution in [0.1, 0.15) is 40.1 Å². The van der Waals surface area contributed by atoms with Crippen LogP contribution in [0.3, 0.4) is 0 Å². The van der Waals surface area contributed by atoms with E-state index < -0.39 is 0 Å². The highest BCUT2D eigenvalue weighted by atomic mass is 16.1. The molecule has 0 fully saturated rings. The van der Waals surface area contributed by atoms with Crippen molar-refractivity contribution >= 4 is 17.3 Å². The Kier molecular flexibility index (Phi) is 5.32. The molecule has 0 bridgehead atoms. The fraction of sp³-hybridized carbons (Fsp3) is 0.182. The van der Waals surface area contributed by atoms with Crippen molar-refractivity contribution in [3.05, 3.63) is 89.2 Å². The molecule has 0 aliphatic heterocycles. The third-order valence-corrected chi connectivity index (χ3v) is 4.53. The predicted octanol–water partition coefficient (Wildman–Crippen LogP) is 4.93. The Morgan fingerprint density at radius 1 is 0.962 bits per heavy atom. The van der Waals surface area contributed by atoms with Crippen LogP contribution in [0.15, 0.2) is 66.9 Å². The molecule has 4 heteroatoms. The van der Waals surface area contributed by atoms with Crippen molar-refractivity contribution in [3.8, 4) is 0 Å². The number of anilines is 2. The molecule has 0 aliphatic rings. The van der Waals surface area contributed by atoms with Crippen molar-refractivity contribution in [1.82, 2.24) is 10.3 Å². The lowest BCUT2D eigenvalue weighted by atomic mass is 10.1. The fourth-order valence-corrected chi connectivity index (χ4v) is 2.74. The minimum absolute atomic E-state index is 0.0711. The first-order chi connectivity index (χ1) is 12.5. The molecular formula is C22H23N3O. The van der Waals surface area contributed by atoms with Crippen LogP contribution in [0, 0.1) is 13.8 Å². The zero-order chi connectivity index (χ0) is 18.5. The molecule has 3 aromatic rings. The molecule has 132 valence electrons. The second kappa shape index (κ2) is 7.83. The number of amides is 1. The minimum Gasteiger partial charge on any atom is -0.354 e. The molecule has 1 aromatic heterocycles. The van der Waals surface area contributed by atoms with Crippen molar-refractivity contribution in [3.63, 3.8) is 0 Å². The van der Waals surface area contributed by atoms with Gasteiger partial charge in [-0.3, -0.25) is 4.79 Å². The molecule has 2 N–H and O–H groups in total. The van der Waals surface area contributed by atoms with Gasteiger partial charge in [-0.25, -0.2) is 4.98 Å². The average Bonchev–Trinajstić information content (AvgIpc) is 2.66. The van der Waals surface area contributed by atoms with Gasteiger partial charge in [0.15, 0.2) is 0 Å². The van der Waals surface area contributed by atoms with Crippen molar-refractivity contribution in [2.75, 3.05) is 5.32 Å². The summed E-state index contributed by atoms with van der Waals surface area (Å²) in [6.45, 7) is 6.13. The van der Waals surface area contributed by atoms with E-state index in [1.54, 1.807) is 12.3 Å². The number of aromatic nitrogens is 1. The monoisotopic (exact) mass is 345 g/mol. The normalized spacial score (nSPS) is 11.7. The number of benzene rings is 2. The first kappa shape index (κ1) is 17.7. The van der Waals surface area contributed by atoms with Crippen LogP contribution in [0.25, 0.3) is 0 Å². The number of nitrogens with zero attached hydrogens (tertiary/aromatic N) is 1. The van der Waals surface area contributed by atoms with Crippen LogP contribution in [-0.2, 0) is 0 Å². The van der Waals surface area contributed by atoms with E-state index in [2.05, 4.69) is 35.5 Å². The Balaban J connectivity index is 1.67. The molecule has 0 spiro atoms. The maximum absolute atomic E-state index is 12.4. The molecule has 4 nitrogen and oxygen atoms in total. The van der Waals surface area contributed by atoms with Gasteiger partial charge in [0.25, 0.3) is 5.91 Å². The number of rotatable bonds is 5. The summed E-state index contributed by atoms with van der Waals surface area (Å²) in [7, 11) is 0. The number of aryl methyl sites for hydroxylation is 1. The maximum Gasteiger partial charge on any atom is 0.270 e. The van der Waals surface area contributed by atoms with Crippen molar-refractivity contribution in [2.24, 2.45) is 0 Å². The summed E-state index contributed by atoms with van der Waals surface area (Å²) >= 11 is 0. The molecule has 3 rings (SSSR count). The number of nitrogens with one attached hydrogen (secondary N) is 2. The van der Waals surface area contributed by atoms with Gasteiger partial charge in [-0.1, -0.05) is 42.5 Å². The van der Waals surface area contributed by atoms with Gasteiger partial charge in [0.1, 0.15) is 5.69 Å². The summed E-state index contributed by atoms with van der Waals surface area (Å²) in [5.41, 5.74) is 5.79. The SMILES string of the molecule is Cc1cccc(Nc2ccc(C(=O)NC(C)c3ccccc3)nc2)c1C. The first-order valence-corrected chi connectivity index (χ1v) is 8.69. The maximum atomic E-state index is 12.4. The van der Waals surface area contributed by atoms with Gasteiger partial charge < -0.3 is 10.6 Å². The fourth-order valence-electron chi connectivity index (χ4n) is 2.74. The van der Waals surface area contributed by atoms with Gasteiger partial charge in [0.2, 0.25) is 0 Å². The quantitative estimate of drug-likeness (QED) is 0.689. The van der Waals surface area contributed by atoms with Gasteiger partial charge >= 0.3 is 0 Å². The van der Waals surface area contributed by atoms with E-state index in [1.165, 1.54) is 11.1 Å². The van der Waals surface area contributed by atoms with Crippen LogP contribution >= 0.6 is 0 Å². The lowest BCUT2D eigenvalue weighted by molar-refractivity contribution is 0.0935. The van der Waals surface area contributed by atoms with Crippen molar-refractivity contribution in [1.29, 1.82) is 0 Å². The number of hydrogen-bond donors (Lipinski definition) is 2. The predicted molar refractivity (Wildman–Crippen MR) is 106 cm³/mol. The molecule has 0 aliphatic carbocycles. The molecule has 26 heavy (non-hydrogen) atoms. The standard InChI is InChI=1S/C22H23N3O/c1-15-8-7-11-20(16(15)2)25-19-12-13-21(23-14-19)22(26)24-17(3)18-9-5-4-6-10-18/h4-14,17,25H,1-3H3,(H,24,26). The van der Waals surface area contributed by atoms with Crippen molar-refractivity contribution in [2.45, 2.75) is 26.8 Å². The summed E-state index contributed by atoms with van der Waals surface area (Å²) in [5.74, 6) is -0.181. The van der Waals surface area contributed by atoms with E-state index in [1.807, 2.05) is 55.5 Å². The van der Waals surface area contributed by atoms with Gasteiger partial charge in [-0.2, -0.15) is 0 Å². The van der Waals surface area contributed by atoms with Crippen LogP contribution in [0.2, 0.25) is 0 Å². The molecule has 2 aromatic carbocycles. The van der Waals surface area contributed by atoms with Gasteiger partial charge in [-0.15, -0.1) is 0 Å². The Labute approximate surface area is 154 Å². The molecule has 0 saturated heterocycles. The molecule has 1 atom stereocenters. The van der Waals surface area contributed by atoms with E-state index in [0.717, 1.165) is 16.9 Å². The zero-order valence-corrected chi connectivity index (χ0v) is 15.3. The van der Waals surface area contributed by atoms with E-state index in [4.69, 9.17) is 0 Å². The number of carbonyl (C=O) groups excluding carboxylic acids is 1. The summed E-state index contributed by atoms with van der Waals surface area (Å²) in [5, 5.41) is 6.33. The molecule has 1 unspecified atom stereocenters. The number of carbonyl (C=O) groups is 1. The van der Waals surface area contributed by atoms with Crippen LogP contribution < -0.4 is 10.6 Å². The summed E-state index contributed by atoms with van der Waals surface area (Å²) in [6.07, 6.45) is 1.68. The number of hydrogen-bond acceptors (Lipinski definition) is 3. The lowest BCUT2D eigenvalue weighted by Crippen LogP contribution is -2.27. The lowest BCUT2D eigenvalue weighted by Gasteiger charge is -2.14. The summed E-state index contributed by atoms with van der Waals surface area (Å²) in [4.78, 5) is 16.7. The Morgan fingerprint density at radius 3 is 2.42 bits per heavy atom. The largest absolute Gasteiger partial charge is 0.354 e. The topological polar surface area (TPSA) is 54.0 Å². The Hall–Kier alpha value is -3.14. The number of pyridine rings is 1. The molecular weight excluding hydrogens is 322 g/mol. The van der Waals surface area contributed by atoms with Crippen LogP contribution in [0.5, 0.6) is 0 Å². The first-order valence-electron chi connectivity index (χ1n) is 8.69. The van der Waals surface area contributed by atoms with Gasteiger partial charge in [-0.05, 0) is 55.7 Å². The average molecular weight is 345 g/mol. The molecule has 1 amide bonds. The highest BCUT2D eigenvalue weighted by Crippen LogP contribution is 2.22. The highest BCUT2D eigenvalue weighted by molar-refractivity contribution is 5.92. The van der Waals surface area contributed by atoms with E-state index in [0.29, 0.717) is 5.69 Å². The van der Waals surface area contributed by atoms with Gasteiger partial charge in [0, 0.05) is 5.69 Å². The molecule has 0 radical (unpaired) electrons. The van der Waals surface area contributed by atoms with E-state index in [-0.39, 0.29) is 11.9 Å². The van der Waals surface area contributed by atoms with E-state index >= 15 is 0 Å². The summed E-state index contributed by atoms with van der Waals surface area (Å²) < 4.78 is 0. The van der Waals surface area contributed by atoms with Crippen LogP contribution in [-0.4, -0.2) is 10.9 Å².